The summed E-state index contributed by atoms with van der Waals surface area (Å²) < 4.78 is 4.66. The van der Waals surface area contributed by atoms with E-state index in [1.165, 1.54) is 0 Å². The van der Waals surface area contributed by atoms with E-state index in [9.17, 15) is 4.79 Å². The predicted molar refractivity (Wildman–Crippen MR) is 27.1 cm³/mol. The SMILES string of the molecule is COCC(C)C=O. The van der Waals surface area contributed by atoms with Crippen molar-refractivity contribution in [1.82, 2.24) is 0 Å². The molecule has 0 aliphatic carbocycles. The molecule has 0 heterocycles. The standard InChI is InChI=1S/C5H10O2/c1-5(3-6)4-7-2/h3,5H,4H2,1-2H3. The van der Waals surface area contributed by atoms with Gasteiger partial charge in [0.15, 0.2) is 0 Å². The van der Waals surface area contributed by atoms with Crippen LogP contribution in [0.4, 0.5) is 0 Å². The Morgan fingerprint density at radius 3 is 2.57 bits per heavy atom. The summed E-state index contributed by atoms with van der Waals surface area (Å²) >= 11 is 0. The molecule has 7 heavy (non-hydrogen) atoms. The van der Waals surface area contributed by atoms with E-state index in [1.807, 2.05) is 6.92 Å². The Hall–Kier alpha value is -0.370. The molecule has 0 saturated heterocycles. The first kappa shape index (κ1) is 6.63. The van der Waals surface area contributed by atoms with Crippen LogP contribution in [-0.4, -0.2) is 20.0 Å². The molecule has 0 aromatic carbocycles. The molecule has 0 rings (SSSR count). The van der Waals surface area contributed by atoms with Crippen molar-refractivity contribution in [1.29, 1.82) is 0 Å². The minimum absolute atomic E-state index is 0.0463. The third-order valence-corrected chi connectivity index (χ3v) is 0.662. The maximum atomic E-state index is 9.81. The highest BCUT2D eigenvalue weighted by molar-refractivity contribution is 5.52. The Balaban J connectivity index is 2.98. The Morgan fingerprint density at radius 2 is 2.43 bits per heavy atom. The molecule has 0 fully saturated rings. The highest BCUT2D eigenvalue weighted by atomic mass is 16.5. The quantitative estimate of drug-likeness (QED) is 0.484. The van der Waals surface area contributed by atoms with Gasteiger partial charge in [0, 0.05) is 13.0 Å². The van der Waals surface area contributed by atoms with Crippen LogP contribution >= 0.6 is 0 Å². The van der Waals surface area contributed by atoms with Crippen molar-refractivity contribution in [2.45, 2.75) is 6.92 Å². The van der Waals surface area contributed by atoms with Crippen molar-refractivity contribution in [3.63, 3.8) is 0 Å². The molecule has 1 atom stereocenters. The van der Waals surface area contributed by atoms with Gasteiger partial charge in [0.2, 0.25) is 0 Å². The minimum atomic E-state index is 0.0463. The summed E-state index contributed by atoms with van der Waals surface area (Å²) in [6.07, 6.45) is 0.878. The lowest BCUT2D eigenvalue weighted by molar-refractivity contribution is -0.111. The molecule has 1 unspecified atom stereocenters. The molecule has 0 saturated carbocycles. The third kappa shape index (κ3) is 3.46. The zero-order valence-corrected chi connectivity index (χ0v) is 4.68. The Labute approximate surface area is 43.5 Å². The molecule has 2 heteroatoms. The zero-order valence-electron chi connectivity index (χ0n) is 4.68. The van der Waals surface area contributed by atoms with Gasteiger partial charge >= 0.3 is 0 Å². The largest absolute Gasteiger partial charge is 0.384 e. The van der Waals surface area contributed by atoms with Crippen LogP contribution in [0.1, 0.15) is 6.92 Å². The van der Waals surface area contributed by atoms with Crippen molar-refractivity contribution in [2.75, 3.05) is 13.7 Å². The smallest absolute Gasteiger partial charge is 0.125 e. The average Bonchev–Trinajstić information content (AvgIpc) is 1.68. The average molecular weight is 102 g/mol. The first-order valence-corrected chi connectivity index (χ1v) is 2.25. The molecule has 2 nitrogen and oxygen atoms in total. The van der Waals surface area contributed by atoms with Crippen molar-refractivity contribution >= 4 is 6.29 Å². The summed E-state index contributed by atoms with van der Waals surface area (Å²) in [5.74, 6) is 0.0463. The number of ether oxygens (including phenoxy) is 1. The molecule has 0 aliphatic heterocycles. The first-order valence-electron chi connectivity index (χ1n) is 2.25. The van der Waals surface area contributed by atoms with Gasteiger partial charge in [0.25, 0.3) is 0 Å². The van der Waals surface area contributed by atoms with E-state index in [0.717, 1.165) is 6.29 Å². The van der Waals surface area contributed by atoms with Crippen molar-refractivity contribution < 1.29 is 9.53 Å². The van der Waals surface area contributed by atoms with E-state index in [-0.39, 0.29) is 5.92 Å². The number of methoxy groups -OCH3 is 1. The summed E-state index contributed by atoms with van der Waals surface area (Å²) in [4.78, 5) is 9.81. The van der Waals surface area contributed by atoms with Gasteiger partial charge in [-0.15, -0.1) is 0 Å². The van der Waals surface area contributed by atoms with Gasteiger partial charge in [-0.3, -0.25) is 0 Å². The lowest BCUT2D eigenvalue weighted by atomic mass is 10.2. The van der Waals surface area contributed by atoms with Crippen LogP contribution in [0.5, 0.6) is 0 Å². The van der Waals surface area contributed by atoms with Crippen LogP contribution < -0.4 is 0 Å². The maximum Gasteiger partial charge on any atom is 0.125 e. The molecule has 0 spiro atoms. The fourth-order valence-electron chi connectivity index (χ4n) is 0.302. The van der Waals surface area contributed by atoms with E-state index < -0.39 is 0 Å². The topological polar surface area (TPSA) is 26.3 Å². The van der Waals surface area contributed by atoms with Gasteiger partial charge in [-0.2, -0.15) is 0 Å². The highest BCUT2D eigenvalue weighted by Gasteiger charge is 1.93. The van der Waals surface area contributed by atoms with Gasteiger partial charge in [0.1, 0.15) is 6.29 Å². The molecule has 0 aliphatic rings. The summed E-state index contributed by atoms with van der Waals surface area (Å²) in [5.41, 5.74) is 0. The van der Waals surface area contributed by atoms with Crippen LogP contribution in [0.3, 0.4) is 0 Å². The van der Waals surface area contributed by atoms with Gasteiger partial charge in [0.05, 0.1) is 6.61 Å². The van der Waals surface area contributed by atoms with Crippen LogP contribution in [-0.2, 0) is 9.53 Å². The van der Waals surface area contributed by atoms with E-state index >= 15 is 0 Å². The molecule has 0 N–H and O–H groups in total. The third-order valence-electron chi connectivity index (χ3n) is 0.662. The molecular weight excluding hydrogens is 92.1 g/mol. The highest BCUT2D eigenvalue weighted by Crippen LogP contribution is 1.86. The Bertz CT molecular complexity index is 52.0. The maximum absolute atomic E-state index is 9.81. The van der Waals surface area contributed by atoms with Crippen LogP contribution in [0.15, 0.2) is 0 Å². The second-order valence-electron chi connectivity index (χ2n) is 1.57. The Morgan fingerprint density at radius 1 is 1.86 bits per heavy atom. The molecule has 0 aromatic heterocycles. The molecular formula is C5H10O2. The number of aldehydes is 1. The zero-order chi connectivity index (χ0) is 5.70. The monoisotopic (exact) mass is 102 g/mol. The summed E-state index contributed by atoms with van der Waals surface area (Å²) in [6, 6.07) is 0. The van der Waals surface area contributed by atoms with E-state index in [1.54, 1.807) is 7.11 Å². The van der Waals surface area contributed by atoms with Crippen molar-refractivity contribution in [3.05, 3.63) is 0 Å². The number of carbonyl (C=O) groups excluding carboxylic acids is 1. The molecule has 0 amide bonds. The number of rotatable bonds is 3. The second-order valence-corrected chi connectivity index (χ2v) is 1.57. The van der Waals surface area contributed by atoms with Gasteiger partial charge in [-0.1, -0.05) is 6.92 Å². The fraction of sp³-hybridized carbons (Fsp3) is 0.800. The van der Waals surface area contributed by atoms with Crippen molar-refractivity contribution in [3.8, 4) is 0 Å². The molecule has 42 valence electrons. The molecule has 0 bridgehead atoms. The number of hydrogen-bond donors (Lipinski definition) is 0. The lowest BCUT2D eigenvalue weighted by Gasteiger charge is -1.96. The van der Waals surface area contributed by atoms with Crippen molar-refractivity contribution in [2.24, 2.45) is 5.92 Å². The predicted octanol–water partition coefficient (Wildman–Crippen LogP) is 0.468. The normalized spacial score (nSPS) is 13.4. The van der Waals surface area contributed by atoms with Gasteiger partial charge < -0.3 is 9.53 Å². The first-order chi connectivity index (χ1) is 3.31. The fourth-order valence-corrected chi connectivity index (χ4v) is 0.302. The summed E-state index contributed by atoms with van der Waals surface area (Å²) in [7, 11) is 1.58. The summed E-state index contributed by atoms with van der Waals surface area (Å²) in [6.45, 7) is 2.35. The number of hydrogen-bond acceptors (Lipinski definition) is 2. The van der Waals surface area contributed by atoms with Crippen LogP contribution in [0.25, 0.3) is 0 Å². The van der Waals surface area contributed by atoms with Gasteiger partial charge in [-0.05, 0) is 0 Å². The molecule has 0 aromatic rings. The van der Waals surface area contributed by atoms with E-state index in [2.05, 4.69) is 4.74 Å². The number of carbonyl (C=O) groups is 1. The van der Waals surface area contributed by atoms with E-state index in [0.29, 0.717) is 6.61 Å². The van der Waals surface area contributed by atoms with Crippen LogP contribution in [0.2, 0.25) is 0 Å². The van der Waals surface area contributed by atoms with Crippen LogP contribution in [0, 0.1) is 5.92 Å². The second kappa shape index (κ2) is 3.81. The summed E-state index contributed by atoms with van der Waals surface area (Å²) in [5, 5.41) is 0. The van der Waals surface area contributed by atoms with Gasteiger partial charge in [-0.25, -0.2) is 0 Å². The molecule has 0 radical (unpaired) electrons. The minimum Gasteiger partial charge on any atom is -0.384 e. The van der Waals surface area contributed by atoms with E-state index in [4.69, 9.17) is 0 Å². The lowest BCUT2D eigenvalue weighted by Crippen LogP contribution is -2.03. The Kier molecular flexibility index (Phi) is 3.61.